The van der Waals surface area contributed by atoms with E-state index in [0.717, 1.165) is 0 Å². The van der Waals surface area contributed by atoms with Crippen molar-refractivity contribution in [3.05, 3.63) is 23.3 Å². The van der Waals surface area contributed by atoms with E-state index in [2.05, 4.69) is 0 Å². The molecule has 0 heterocycles. The number of alkyl halides is 2. The molecule has 56 valence electrons. The molecule has 0 radical (unpaired) electrons. The van der Waals surface area contributed by atoms with Crippen LogP contribution in [0.3, 0.4) is 0 Å². The molecule has 1 nitrogen and oxygen atoms in total. The summed E-state index contributed by atoms with van der Waals surface area (Å²) in [5.74, 6) is 0. The van der Waals surface area contributed by atoms with E-state index >= 15 is 0 Å². The van der Waals surface area contributed by atoms with Crippen molar-refractivity contribution in [3.8, 4) is 0 Å². The van der Waals surface area contributed by atoms with Gasteiger partial charge in [-0.05, 0) is 6.08 Å². The summed E-state index contributed by atoms with van der Waals surface area (Å²) < 4.78 is 0. The van der Waals surface area contributed by atoms with Gasteiger partial charge in [-0.3, -0.25) is 0 Å². The minimum absolute atomic E-state index is 0.150. The van der Waals surface area contributed by atoms with Crippen molar-refractivity contribution in [3.63, 3.8) is 0 Å². The van der Waals surface area contributed by atoms with Crippen molar-refractivity contribution in [2.24, 2.45) is 0 Å². The standard InChI is InChI=1S/C6H5Cl3O/c7-4-2-1-3-5(8)6(4,9)10/h1-4,10H/t4-,6+/m1/s1. The van der Waals surface area contributed by atoms with Crippen LogP contribution < -0.4 is 0 Å². The molecule has 1 aliphatic rings. The Morgan fingerprint density at radius 1 is 1.60 bits per heavy atom. The van der Waals surface area contributed by atoms with Crippen molar-refractivity contribution >= 4 is 34.8 Å². The van der Waals surface area contributed by atoms with Crippen LogP contribution in [0.4, 0.5) is 0 Å². The second kappa shape index (κ2) is 2.74. The fraction of sp³-hybridized carbons (Fsp3) is 0.333. The van der Waals surface area contributed by atoms with Crippen LogP contribution in [0.1, 0.15) is 0 Å². The van der Waals surface area contributed by atoms with Crippen molar-refractivity contribution in [2.45, 2.75) is 10.4 Å². The molecule has 1 aliphatic carbocycles. The van der Waals surface area contributed by atoms with Crippen molar-refractivity contribution in [2.75, 3.05) is 0 Å². The minimum atomic E-state index is -1.63. The summed E-state index contributed by atoms with van der Waals surface area (Å²) in [5.41, 5.74) is 0. The van der Waals surface area contributed by atoms with Gasteiger partial charge in [0.1, 0.15) is 5.38 Å². The normalized spacial score (nSPS) is 39.6. The predicted molar refractivity (Wildman–Crippen MR) is 43.5 cm³/mol. The summed E-state index contributed by atoms with van der Waals surface area (Å²) in [4.78, 5) is 0. The lowest BCUT2D eigenvalue weighted by Crippen LogP contribution is -2.33. The second-order valence-electron chi connectivity index (χ2n) is 1.97. The molecule has 1 rings (SSSR count). The van der Waals surface area contributed by atoms with E-state index in [-0.39, 0.29) is 5.03 Å². The van der Waals surface area contributed by atoms with Gasteiger partial charge in [-0.25, -0.2) is 0 Å². The van der Waals surface area contributed by atoms with E-state index in [1.54, 1.807) is 12.2 Å². The maximum absolute atomic E-state index is 9.29. The van der Waals surface area contributed by atoms with E-state index in [1.807, 2.05) is 0 Å². The Labute approximate surface area is 73.9 Å². The zero-order chi connectivity index (χ0) is 7.78. The summed E-state index contributed by atoms with van der Waals surface area (Å²) >= 11 is 16.7. The average Bonchev–Trinajstić information content (AvgIpc) is 1.84. The fourth-order valence-electron chi connectivity index (χ4n) is 0.614. The molecule has 0 amide bonds. The largest absolute Gasteiger partial charge is 0.369 e. The highest BCUT2D eigenvalue weighted by Gasteiger charge is 2.36. The Hall–Kier alpha value is 0.310. The number of rotatable bonds is 0. The van der Waals surface area contributed by atoms with Gasteiger partial charge in [-0.2, -0.15) is 0 Å². The Kier molecular flexibility index (Phi) is 2.31. The van der Waals surface area contributed by atoms with Gasteiger partial charge in [-0.15, -0.1) is 11.6 Å². The van der Waals surface area contributed by atoms with Gasteiger partial charge in [0.15, 0.2) is 5.06 Å². The van der Waals surface area contributed by atoms with Crippen molar-refractivity contribution in [1.29, 1.82) is 0 Å². The summed E-state index contributed by atoms with van der Waals surface area (Å²) in [7, 11) is 0. The Bertz CT molecular complexity index is 195. The molecule has 4 heteroatoms. The minimum Gasteiger partial charge on any atom is -0.369 e. The van der Waals surface area contributed by atoms with Crippen LogP contribution in [0, 0.1) is 0 Å². The van der Waals surface area contributed by atoms with Gasteiger partial charge in [0.05, 0.1) is 5.03 Å². The molecule has 0 aromatic heterocycles. The van der Waals surface area contributed by atoms with E-state index in [0.29, 0.717) is 0 Å². The first kappa shape index (κ1) is 8.41. The highest BCUT2D eigenvalue weighted by molar-refractivity contribution is 6.42. The zero-order valence-electron chi connectivity index (χ0n) is 4.89. The first-order valence-corrected chi connectivity index (χ1v) is 3.84. The van der Waals surface area contributed by atoms with E-state index in [9.17, 15) is 5.11 Å². The number of halogens is 3. The van der Waals surface area contributed by atoms with Crippen LogP contribution in [0.15, 0.2) is 23.3 Å². The van der Waals surface area contributed by atoms with Gasteiger partial charge in [0.2, 0.25) is 0 Å². The first-order chi connectivity index (χ1) is 4.55. The molecule has 0 unspecified atom stereocenters. The third kappa shape index (κ3) is 1.32. The molecule has 0 saturated carbocycles. The molecule has 10 heavy (non-hydrogen) atoms. The molecular weight excluding hydrogens is 194 g/mol. The highest BCUT2D eigenvalue weighted by Crippen LogP contribution is 2.35. The lowest BCUT2D eigenvalue weighted by molar-refractivity contribution is 0.180. The third-order valence-electron chi connectivity index (χ3n) is 1.22. The second-order valence-corrected chi connectivity index (χ2v) is 3.43. The summed E-state index contributed by atoms with van der Waals surface area (Å²) in [5, 5.41) is 7.16. The van der Waals surface area contributed by atoms with Gasteiger partial charge in [0.25, 0.3) is 0 Å². The number of allylic oxidation sites excluding steroid dienone is 2. The molecule has 0 saturated heterocycles. The van der Waals surface area contributed by atoms with Gasteiger partial charge in [0, 0.05) is 0 Å². The molecule has 0 bridgehead atoms. The van der Waals surface area contributed by atoms with Crippen LogP contribution in [0.5, 0.6) is 0 Å². The van der Waals surface area contributed by atoms with E-state index in [4.69, 9.17) is 34.8 Å². The molecule has 2 atom stereocenters. The Morgan fingerprint density at radius 3 is 2.60 bits per heavy atom. The molecular formula is C6H5Cl3O. The van der Waals surface area contributed by atoms with Gasteiger partial charge < -0.3 is 5.11 Å². The maximum Gasteiger partial charge on any atom is 0.195 e. The lowest BCUT2D eigenvalue weighted by atomic mass is 10.1. The SMILES string of the molecule is O[C@]1(Cl)C(Cl)=CC=C[C@H]1Cl. The summed E-state index contributed by atoms with van der Waals surface area (Å²) in [6, 6.07) is 0. The fourth-order valence-corrected chi connectivity index (χ4v) is 1.20. The number of hydrogen-bond donors (Lipinski definition) is 1. The van der Waals surface area contributed by atoms with Crippen LogP contribution in [0.2, 0.25) is 0 Å². The van der Waals surface area contributed by atoms with E-state index < -0.39 is 10.4 Å². The topological polar surface area (TPSA) is 20.2 Å². The zero-order valence-corrected chi connectivity index (χ0v) is 7.16. The molecule has 1 N–H and O–H groups in total. The predicted octanol–water partition coefficient (Wildman–Crippen LogP) is 2.21. The van der Waals surface area contributed by atoms with Crippen molar-refractivity contribution < 1.29 is 5.11 Å². The Morgan fingerprint density at radius 2 is 2.20 bits per heavy atom. The van der Waals surface area contributed by atoms with Crippen LogP contribution in [-0.4, -0.2) is 15.5 Å². The van der Waals surface area contributed by atoms with E-state index in [1.165, 1.54) is 6.08 Å². The Balaban J connectivity index is 2.93. The van der Waals surface area contributed by atoms with Gasteiger partial charge >= 0.3 is 0 Å². The van der Waals surface area contributed by atoms with Gasteiger partial charge in [-0.1, -0.05) is 35.4 Å². The molecule has 0 spiro atoms. The highest BCUT2D eigenvalue weighted by atomic mass is 35.5. The summed E-state index contributed by atoms with van der Waals surface area (Å²) in [6.45, 7) is 0. The molecule has 0 aromatic carbocycles. The average molecular weight is 199 g/mol. The first-order valence-electron chi connectivity index (χ1n) is 2.65. The number of hydrogen-bond acceptors (Lipinski definition) is 1. The monoisotopic (exact) mass is 198 g/mol. The third-order valence-corrected chi connectivity index (χ3v) is 2.75. The maximum atomic E-state index is 9.29. The van der Waals surface area contributed by atoms with Crippen LogP contribution in [0.25, 0.3) is 0 Å². The molecule has 0 aromatic rings. The quantitative estimate of drug-likeness (QED) is 0.593. The van der Waals surface area contributed by atoms with Crippen LogP contribution in [-0.2, 0) is 0 Å². The number of aliphatic hydroxyl groups is 1. The molecule has 0 aliphatic heterocycles. The summed E-state index contributed by atoms with van der Waals surface area (Å²) in [6.07, 6.45) is 4.73. The smallest absolute Gasteiger partial charge is 0.195 e. The molecule has 0 fully saturated rings. The van der Waals surface area contributed by atoms with Crippen molar-refractivity contribution in [1.82, 2.24) is 0 Å². The lowest BCUT2D eigenvalue weighted by Gasteiger charge is -2.25. The van der Waals surface area contributed by atoms with Crippen LogP contribution >= 0.6 is 34.8 Å².